The van der Waals surface area contributed by atoms with Crippen LogP contribution in [0.5, 0.6) is 11.5 Å². The van der Waals surface area contributed by atoms with Crippen LogP contribution in [0.25, 0.3) is 0 Å². The van der Waals surface area contributed by atoms with Gasteiger partial charge in [-0.15, -0.1) is 0 Å². The van der Waals surface area contributed by atoms with E-state index in [-0.39, 0.29) is 29.2 Å². The first-order valence-electron chi connectivity index (χ1n) is 6.67. The number of Topliss-reactive ketones (excluding diaryl/α,β-unsaturated/α-hetero) is 1. The van der Waals surface area contributed by atoms with Gasteiger partial charge in [0.25, 0.3) is 6.43 Å². The minimum Gasteiger partial charge on any atom is -0.497 e. The quantitative estimate of drug-likeness (QED) is 0.616. The molecule has 120 valence electrons. The Balaban J connectivity index is 2.60. The lowest BCUT2D eigenvalue weighted by Crippen LogP contribution is -2.45. The molecule has 1 aromatic rings. The number of hydrogen-bond donors (Lipinski definition) is 0. The highest BCUT2D eigenvalue weighted by atomic mass is 19.3. The first kappa shape index (κ1) is 16.2. The molecule has 0 fully saturated rings. The number of rotatable bonds is 5. The Morgan fingerprint density at radius 2 is 2.00 bits per heavy atom. The van der Waals surface area contributed by atoms with Crippen molar-refractivity contribution in [3.8, 4) is 11.5 Å². The van der Waals surface area contributed by atoms with E-state index in [9.17, 15) is 18.4 Å². The van der Waals surface area contributed by atoms with E-state index in [1.54, 1.807) is 0 Å². The van der Waals surface area contributed by atoms with Gasteiger partial charge >= 0.3 is 5.97 Å². The Kier molecular flexibility index (Phi) is 4.35. The summed E-state index contributed by atoms with van der Waals surface area (Å²) in [6.45, 7) is 1.41. The molecule has 0 saturated heterocycles. The molecule has 0 saturated carbocycles. The highest BCUT2D eigenvalue weighted by Crippen LogP contribution is 2.47. The van der Waals surface area contributed by atoms with Crippen LogP contribution in [0.1, 0.15) is 22.8 Å². The topological polar surface area (TPSA) is 61.8 Å². The second-order valence-corrected chi connectivity index (χ2v) is 4.85. The summed E-state index contributed by atoms with van der Waals surface area (Å²) in [5, 5.41) is 0. The van der Waals surface area contributed by atoms with Gasteiger partial charge in [0.2, 0.25) is 0 Å². The number of ether oxygens (including phenoxy) is 3. The van der Waals surface area contributed by atoms with E-state index in [4.69, 9.17) is 14.2 Å². The Morgan fingerprint density at radius 3 is 2.50 bits per heavy atom. The van der Waals surface area contributed by atoms with Gasteiger partial charge in [0.05, 0.1) is 20.8 Å². The van der Waals surface area contributed by atoms with E-state index >= 15 is 0 Å². The number of methoxy groups -OCH3 is 2. The average Bonchev–Trinajstić information content (AvgIpc) is 2.81. The predicted molar refractivity (Wildman–Crippen MR) is 72.7 cm³/mol. The number of carbonyl (C=O) groups is 2. The highest BCUT2D eigenvalue weighted by molar-refractivity contribution is 6.17. The van der Waals surface area contributed by atoms with Crippen molar-refractivity contribution in [2.75, 3.05) is 20.8 Å². The number of alkyl halides is 2. The van der Waals surface area contributed by atoms with Gasteiger partial charge in [-0.25, -0.2) is 8.78 Å². The van der Waals surface area contributed by atoms with E-state index in [1.807, 2.05) is 0 Å². The summed E-state index contributed by atoms with van der Waals surface area (Å²) in [5.41, 5.74) is -2.25. The van der Waals surface area contributed by atoms with Crippen LogP contribution in [0, 0.1) is 5.41 Å². The molecule has 0 aromatic heterocycles. The maximum atomic E-state index is 13.6. The number of hydrogen-bond acceptors (Lipinski definition) is 5. The van der Waals surface area contributed by atoms with Gasteiger partial charge in [0.15, 0.2) is 11.2 Å². The first-order chi connectivity index (χ1) is 10.4. The standard InChI is InChI=1S/C15H16F2O5/c1-4-22-14(19)15(13(16)17)7-10-9(12(15)18)5-8(20-2)6-11(10)21-3/h5-6,13H,4,7H2,1-3H3. The van der Waals surface area contributed by atoms with Crippen molar-refractivity contribution < 1.29 is 32.6 Å². The number of carbonyl (C=O) groups excluding carboxylic acids is 2. The zero-order chi connectivity index (χ0) is 16.5. The molecule has 0 bridgehead atoms. The third-order valence-electron chi connectivity index (χ3n) is 3.76. The highest BCUT2D eigenvalue weighted by Gasteiger charge is 2.60. The van der Waals surface area contributed by atoms with Gasteiger partial charge in [-0.3, -0.25) is 9.59 Å². The predicted octanol–water partition coefficient (Wildman–Crippen LogP) is 2.26. The Bertz CT molecular complexity index is 614. The molecule has 1 aromatic carbocycles. The van der Waals surface area contributed by atoms with Crippen LogP contribution < -0.4 is 9.47 Å². The first-order valence-corrected chi connectivity index (χ1v) is 6.67. The van der Waals surface area contributed by atoms with Gasteiger partial charge in [-0.05, 0) is 13.0 Å². The van der Waals surface area contributed by atoms with Crippen molar-refractivity contribution >= 4 is 11.8 Å². The van der Waals surface area contributed by atoms with Crippen molar-refractivity contribution in [3.05, 3.63) is 23.3 Å². The van der Waals surface area contributed by atoms with Crippen LogP contribution in [0.4, 0.5) is 8.78 Å². The molecule has 1 aliphatic carbocycles. The summed E-state index contributed by atoms with van der Waals surface area (Å²) in [5.74, 6) is -1.66. The van der Waals surface area contributed by atoms with Crippen LogP contribution in [-0.4, -0.2) is 39.0 Å². The molecule has 0 aliphatic heterocycles. The zero-order valence-corrected chi connectivity index (χ0v) is 12.4. The molecule has 7 heteroatoms. The van der Waals surface area contributed by atoms with Gasteiger partial charge in [-0.2, -0.15) is 0 Å². The van der Waals surface area contributed by atoms with Gasteiger partial charge in [0, 0.05) is 23.6 Å². The summed E-state index contributed by atoms with van der Waals surface area (Å²) in [7, 11) is 2.73. The Morgan fingerprint density at radius 1 is 1.32 bits per heavy atom. The number of fused-ring (bicyclic) bond motifs is 1. The molecule has 1 unspecified atom stereocenters. The second-order valence-electron chi connectivity index (χ2n) is 4.85. The van der Waals surface area contributed by atoms with E-state index in [0.717, 1.165) is 0 Å². The molecule has 0 amide bonds. The third-order valence-corrected chi connectivity index (χ3v) is 3.76. The van der Waals surface area contributed by atoms with Gasteiger partial charge in [0.1, 0.15) is 11.5 Å². The van der Waals surface area contributed by atoms with Crippen molar-refractivity contribution in [2.24, 2.45) is 5.41 Å². The summed E-state index contributed by atoms with van der Waals surface area (Å²) >= 11 is 0. The molecule has 0 radical (unpaired) electrons. The molecule has 5 nitrogen and oxygen atoms in total. The van der Waals surface area contributed by atoms with E-state index in [2.05, 4.69) is 0 Å². The van der Waals surface area contributed by atoms with Crippen LogP contribution in [0.3, 0.4) is 0 Å². The third kappa shape index (κ3) is 2.20. The molecular weight excluding hydrogens is 298 g/mol. The van der Waals surface area contributed by atoms with Crippen molar-refractivity contribution in [3.63, 3.8) is 0 Å². The molecule has 22 heavy (non-hydrogen) atoms. The van der Waals surface area contributed by atoms with Crippen LogP contribution in [0.2, 0.25) is 0 Å². The number of halogens is 2. The number of benzene rings is 1. The summed E-state index contributed by atoms with van der Waals surface area (Å²) in [6.07, 6.45) is -3.63. The average molecular weight is 314 g/mol. The van der Waals surface area contributed by atoms with E-state index in [1.165, 1.54) is 33.3 Å². The fraction of sp³-hybridized carbons (Fsp3) is 0.467. The molecule has 1 aliphatic rings. The lowest BCUT2D eigenvalue weighted by Gasteiger charge is -2.23. The van der Waals surface area contributed by atoms with Gasteiger partial charge in [-0.1, -0.05) is 0 Å². The molecule has 0 heterocycles. The fourth-order valence-corrected chi connectivity index (χ4v) is 2.59. The summed E-state index contributed by atoms with van der Waals surface area (Å²) in [6, 6.07) is 2.82. The molecule has 1 atom stereocenters. The zero-order valence-electron chi connectivity index (χ0n) is 12.4. The van der Waals surface area contributed by atoms with Crippen LogP contribution in [-0.2, 0) is 16.0 Å². The molecule has 0 spiro atoms. The monoisotopic (exact) mass is 314 g/mol. The van der Waals surface area contributed by atoms with Crippen LogP contribution >= 0.6 is 0 Å². The number of ketones is 1. The molecule has 0 N–H and O–H groups in total. The van der Waals surface area contributed by atoms with Crippen molar-refractivity contribution in [1.29, 1.82) is 0 Å². The fourth-order valence-electron chi connectivity index (χ4n) is 2.59. The van der Waals surface area contributed by atoms with E-state index in [0.29, 0.717) is 0 Å². The largest absolute Gasteiger partial charge is 0.497 e. The van der Waals surface area contributed by atoms with Crippen LogP contribution in [0.15, 0.2) is 12.1 Å². The maximum absolute atomic E-state index is 13.6. The summed E-state index contributed by atoms with van der Waals surface area (Å²) in [4.78, 5) is 24.6. The Labute approximate surface area is 126 Å². The molecule has 2 rings (SSSR count). The minimum atomic E-state index is -3.18. The second kappa shape index (κ2) is 5.90. The smallest absolute Gasteiger partial charge is 0.326 e. The maximum Gasteiger partial charge on any atom is 0.326 e. The lowest BCUT2D eigenvalue weighted by atomic mass is 9.84. The van der Waals surface area contributed by atoms with Crippen molar-refractivity contribution in [2.45, 2.75) is 19.8 Å². The Hall–Kier alpha value is -2.18. The van der Waals surface area contributed by atoms with E-state index < -0.39 is 30.0 Å². The SMILES string of the molecule is CCOC(=O)C1(C(F)F)Cc2c(OC)cc(OC)cc2C1=O. The van der Waals surface area contributed by atoms with Crippen molar-refractivity contribution in [1.82, 2.24) is 0 Å². The lowest BCUT2D eigenvalue weighted by molar-refractivity contribution is -0.159. The summed E-state index contributed by atoms with van der Waals surface area (Å²) < 4.78 is 42.1. The normalized spacial score (nSPS) is 20.0. The van der Waals surface area contributed by atoms with Gasteiger partial charge < -0.3 is 14.2 Å². The molecular formula is C15H16F2O5. The number of esters is 1. The minimum absolute atomic E-state index is 0.00422.